The van der Waals surface area contributed by atoms with Crippen LogP contribution in [0.15, 0.2) is 12.3 Å². The molecule has 1 aliphatic carbocycles. The zero-order valence-corrected chi connectivity index (χ0v) is 10.2. The Morgan fingerprint density at radius 3 is 3.06 bits per heavy atom. The highest BCUT2D eigenvalue weighted by atomic mass is 16.5. The van der Waals surface area contributed by atoms with Gasteiger partial charge in [0.15, 0.2) is 0 Å². The Bertz CT molecular complexity index is 354. The average molecular weight is 236 g/mol. The summed E-state index contributed by atoms with van der Waals surface area (Å²) < 4.78 is 5.46. The number of nitrogens with one attached hydrogen (secondary N) is 1. The molecule has 5 heteroatoms. The van der Waals surface area contributed by atoms with E-state index in [1.165, 1.54) is 12.8 Å². The molecule has 5 nitrogen and oxygen atoms in total. The normalized spacial score (nSPS) is 16.6. The van der Waals surface area contributed by atoms with Gasteiger partial charge in [-0.15, -0.1) is 0 Å². The van der Waals surface area contributed by atoms with E-state index < -0.39 is 0 Å². The van der Waals surface area contributed by atoms with Gasteiger partial charge in [-0.2, -0.15) is 4.98 Å². The van der Waals surface area contributed by atoms with E-state index in [-0.39, 0.29) is 6.04 Å². The van der Waals surface area contributed by atoms with Gasteiger partial charge >= 0.3 is 0 Å². The fraction of sp³-hybridized carbons (Fsp3) is 0.667. The fourth-order valence-electron chi connectivity index (χ4n) is 1.73. The summed E-state index contributed by atoms with van der Waals surface area (Å²) in [6.45, 7) is 3.37. The van der Waals surface area contributed by atoms with Gasteiger partial charge in [0, 0.05) is 24.8 Å². The van der Waals surface area contributed by atoms with E-state index >= 15 is 0 Å². The van der Waals surface area contributed by atoms with Crippen LogP contribution in [0.3, 0.4) is 0 Å². The zero-order valence-electron chi connectivity index (χ0n) is 10.2. The quantitative estimate of drug-likeness (QED) is 0.749. The molecule has 0 bridgehead atoms. The number of aromatic nitrogens is 2. The molecule has 2 rings (SSSR count). The van der Waals surface area contributed by atoms with E-state index in [9.17, 15) is 0 Å². The van der Waals surface area contributed by atoms with Crippen LogP contribution in [-0.2, 0) is 0 Å². The van der Waals surface area contributed by atoms with Gasteiger partial charge in [0.1, 0.15) is 0 Å². The second kappa shape index (κ2) is 5.82. The Balaban J connectivity index is 1.94. The molecule has 1 unspecified atom stereocenters. The SMILES string of the molecule is CCCOc1ccnc(NC(CN)C2CC2)n1. The van der Waals surface area contributed by atoms with Gasteiger partial charge in [-0.05, 0) is 25.2 Å². The topological polar surface area (TPSA) is 73.1 Å². The minimum Gasteiger partial charge on any atom is -0.478 e. The molecule has 3 N–H and O–H groups in total. The first-order chi connectivity index (χ1) is 8.33. The molecule has 1 heterocycles. The first-order valence-corrected chi connectivity index (χ1v) is 6.26. The van der Waals surface area contributed by atoms with E-state index in [0.717, 1.165) is 6.42 Å². The molecule has 0 aliphatic heterocycles. The Hall–Kier alpha value is -1.36. The van der Waals surface area contributed by atoms with Gasteiger partial charge in [0.2, 0.25) is 11.8 Å². The van der Waals surface area contributed by atoms with Crippen molar-refractivity contribution in [3.05, 3.63) is 12.3 Å². The Kier molecular flexibility index (Phi) is 4.14. The molecule has 0 amide bonds. The standard InChI is InChI=1S/C12H20N4O/c1-2-7-17-11-5-6-14-12(16-11)15-10(8-13)9-3-4-9/h5-6,9-10H,2-4,7-8,13H2,1H3,(H,14,15,16). The highest BCUT2D eigenvalue weighted by Crippen LogP contribution is 2.33. The number of ether oxygens (including phenoxy) is 1. The molecule has 94 valence electrons. The minimum absolute atomic E-state index is 0.288. The molecule has 1 atom stereocenters. The maximum Gasteiger partial charge on any atom is 0.226 e. The average Bonchev–Trinajstić information content (AvgIpc) is 3.18. The summed E-state index contributed by atoms with van der Waals surface area (Å²) in [5.41, 5.74) is 5.73. The molecule has 17 heavy (non-hydrogen) atoms. The number of nitrogens with zero attached hydrogens (tertiary/aromatic N) is 2. The highest BCUT2D eigenvalue weighted by Gasteiger charge is 2.30. The van der Waals surface area contributed by atoms with Gasteiger partial charge in [-0.25, -0.2) is 4.98 Å². The second-order valence-electron chi connectivity index (χ2n) is 4.39. The third-order valence-electron chi connectivity index (χ3n) is 2.84. The first-order valence-electron chi connectivity index (χ1n) is 6.26. The Morgan fingerprint density at radius 2 is 2.41 bits per heavy atom. The van der Waals surface area contributed by atoms with Crippen LogP contribution in [-0.4, -0.2) is 29.2 Å². The Labute approximate surface area is 102 Å². The lowest BCUT2D eigenvalue weighted by Crippen LogP contribution is -2.31. The van der Waals surface area contributed by atoms with E-state index in [0.29, 0.717) is 30.9 Å². The fourth-order valence-corrected chi connectivity index (χ4v) is 1.73. The molecule has 0 aromatic carbocycles. The summed E-state index contributed by atoms with van der Waals surface area (Å²) in [7, 11) is 0. The lowest BCUT2D eigenvalue weighted by Gasteiger charge is -2.16. The lowest BCUT2D eigenvalue weighted by molar-refractivity contribution is 0.305. The van der Waals surface area contributed by atoms with Crippen molar-refractivity contribution in [2.45, 2.75) is 32.2 Å². The summed E-state index contributed by atoms with van der Waals surface area (Å²) in [6, 6.07) is 2.06. The molecule has 1 aromatic heterocycles. The maximum absolute atomic E-state index is 5.73. The van der Waals surface area contributed by atoms with Crippen molar-refractivity contribution in [2.24, 2.45) is 11.7 Å². The van der Waals surface area contributed by atoms with Crippen molar-refractivity contribution in [1.82, 2.24) is 9.97 Å². The van der Waals surface area contributed by atoms with E-state index in [2.05, 4.69) is 22.2 Å². The van der Waals surface area contributed by atoms with Gasteiger partial charge in [0.25, 0.3) is 0 Å². The van der Waals surface area contributed by atoms with E-state index in [4.69, 9.17) is 10.5 Å². The molecular weight excluding hydrogens is 216 g/mol. The number of anilines is 1. The summed E-state index contributed by atoms with van der Waals surface area (Å²) in [6.07, 6.45) is 5.18. The van der Waals surface area contributed by atoms with Crippen molar-refractivity contribution in [2.75, 3.05) is 18.5 Å². The molecule has 1 aromatic rings. The molecule has 1 saturated carbocycles. The third kappa shape index (κ3) is 3.56. The minimum atomic E-state index is 0.288. The first kappa shape index (κ1) is 12.1. The molecule has 1 fully saturated rings. The van der Waals surface area contributed by atoms with Crippen LogP contribution >= 0.6 is 0 Å². The van der Waals surface area contributed by atoms with Gasteiger partial charge in [-0.3, -0.25) is 0 Å². The molecular formula is C12H20N4O. The molecule has 1 aliphatic rings. The largest absolute Gasteiger partial charge is 0.478 e. The second-order valence-corrected chi connectivity index (χ2v) is 4.39. The van der Waals surface area contributed by atoms with E-state index in [1.54, 1.807) is 12.3 Å². The van der Waals surface area contributed by atoms with Crippen molar-refractivity contribution in [3.63, 3.8) is 0 Å². The van der Waals surface area contributed by atoms with Crippen molar-refractivity contribution >= 4 is 5.95 Å². The molecule has 0 saturated heterocycles. The van der Waals surface area contributed by atoms with Crippen LogP contribution in [0.5, 0.6) is 5.88 Å². The van der Waals surface area contributed by atoms with Crippen molar-refractivity contribution in [1.29, 1.82) is 0 Å². The van der Waals surface area contributed by atoms with Crippen LogP contribution < -0.4 is 15.8 Å². The molecule has 0 spiro atoms. The highest BCUT2D eigenvalue weighted by molar-refractivity contribution is 5.29. The number of nitrogens with two attached hydrogens (primary N) is 1. The van der Waals surface area contributed by atoms with Crippen LogP contribution in [0.1, 0.15) is 26.2 Å². The number of rotatable bonds is 7. The van der Waals surface area contributed by atoms with Gasteiger partial charge in [0.05, 0.1) is 6.61 Å². The Morgan fingerprint density at radius 1 is 1.59 bits per heavy atom. The zero-order chi connectivity index (χ0) is 12.1. The van der Waals surface area contributed by atoms with Crippen LogP contribution in [0.25, 0.3) is 0 Å². The third-order valence-corrected chi connectivity index (χ3v) is 2.84. The predicted octanol–water partition coefficient (Wildman–Crippen LogP) is 1.41. The lowest BCUT2D eigenvalue weighted by atomic mass is 10.2. The summed E-state index contributed by atoms with van der Waals surface area (Å²) in [4.78, 5) is 8.50. The van der Waals surface area contributed by atoms with Crippen molar-refractivity contribution < 1.29 is 4.74 Å². The number of hydrogen-bond acceptors (Lipinski definition) is 5. The van der Waals surface area contributed by atoms with Gasteiger partial charge < -0.3 is 15.8 Å². The summed E-state index contributed by atoms with van der Waals surface area (Å²) in [5, 5.41) is 3.28. The van der Waals surface area contributed by atoms with Crippen LogP contribution in [0.4, 0.5) is 5.95 Å². The van der Waals surface area contributed by atoms with Gasteiger partial charge in [-0.1, -0.05) is 6.92 Å². The summed E-state index contributed by atoms with van der Waals surface area (Å²) in [5.74, 6) is 1.92. The number of hydrogen-bond donors (Lipinski definition) is 2. The summed E-state index contributed by atoms with van der Waals surface area (Å²) >= 11 is 0. The smallest absolute Gasteiger partial charge is 0.226 e. The van der Waals surface area contributed by atoms with Crippen molar-refractivity contribution in [3.8, 4) is 5.88 Å². The maximum atomic E-state index is 5.73. The van der Waals surface area contributed by atoms with Crippen LogP contribution in [0.2, 0.25) is 0 Å². The predicted molar refractivity (Wildman–Crippen MR) is 67.0 cm³/mol. The van der Waals surface area contributed by atoms with E-state index in [1.807, 2.05) is 0 Å². The van der Waals surface area contributed by atoms with Crippen LogP contribution in [0, 0.1) is 5.92 Å². The monoisotopic (exact) mass is 236 g/mol. The molecule has 0 radical (unpaired) electrons.